The Labute approximate surface area is 122 Å². The molecule has 4 N–H and O–H groups in total. The molecule has 1 unspecified atom stereocenters. The number of amides is 3. The molecule has 0 aromatic rings. The van der Waals surface area contributed by atoms with Crippen LogP contribution in [-0.2, 0) is 9.59 Å². The molecule has 2 aliphatic rings. The van der Waals surface area contributed by atoms with E-state index in [1.807, 2.05) is 0 Å². The molecule has 8 heteroatoms. The van der Waals surface area contributed by atoms with Gasteiger partial charge in [-0.15, -0.1) is 0 Å². The summed E-state index contributed by atoms with van der Waals surface area (Å²) in [6, 6.07) is -1.17. The van der Waals surface area contributed by atoms with E-state index in [-0.39, 0.29) is 18.9 Å². The second kappa shape index (κ2) is 6.75. The SMILES string of the molecule is O=C(CCCNC(=O)N1CC(O)C[C@H]1C(=O)O)NC1CC1. The number of carbonyl (C=O) groups is 3. The summed E-state index contributed by atoms with van der Waals surface area (Å²) < 4.78 is 0. The van der Waals surface area contributed by atoms with Gasteiger partial charge in [0.25, 0.3) is 0 Å². The van der Waals surface area contributed by atoms with Gasteiger partial charge in [0.05, 0.1) is 6.10 Å². The first kappa shape index (κ1) is 15.6. The van der Waals surface area contributed by atoms with Crippen LogP contribution >= 0.6 is 0 Å². The van der Waals surface area contributed by atoms with E-state index < -0.39 is 24.1 Å². The molecule has 21 heavy (non-hydrogen) atoms. The van der Waals surface area contributed by atoms with E-state index in [1.165, 1.54) is 0 Å². The molecule has 3 amide bonds. The fourth-order valence-electron chi connectivity index (χ4n) is 2.35. The number of carboxylic acids is 1. The number of β-amino-alcohol motifs (C(OH)–C–C–N with tert-alkyl or cyclic N) is 1. The largest absolute Gasteiger partial charge is 0.480 e. The Bertz CT molecular complexity index is 424. The summed E-state index contributed by atoms with van der Waals surface area (Å²) in [5.41, 5.74) is 0. The van der Waals surface area contributed by atoms with Crippen LogP contribution < -0.4 is 10.6 Å². The summed E-state index contributed by atoms with van der Waals surface area (Å²) in [6.07, 6.45) is 2.15. The number of aliphatic carboxylic acids is 1. The van der Waals surface area contributed by atoms with E-state index in [4.69, 9.17) is 5.11 Å². The monoisotopic (exact) mass is 299 g/mol. The first-order valence-corrected chi connectivity index (χ1v) is 7.22. The van der Waals surface area contributed by atoms with Crippen LogP contribution in [0.5, 0.6) is 0 Å². The van der Waals surface area contributed by atoms with Crippen molar-refractivity contribution >= 4 is 17.9 Å². The summed E-state index contributed by atoms with van der Waals surface area (Å²) >= 11 is 0. The van der Waals surface area contributed by atoms with E-state index in [1.54, 1.807) is 0 Å². The highest BCUT2D eigenvalue weighted by atomic mass is 16.4. The molecule has 1 saturated carbocycles. The van der Waals surface area contributed by atoms with Gasteiger partial charge < -0.3 is 25.7 Å². The summed E-state index contributed by atoms with van der Waals surface area (Å²) in [5.74, 6) is -1.14. The van der Waals surface area contributed by atoms with Gasteiger partial charge in [0, 0.05) is 32.0 Å². The minimum atomic E-state index is -1.12. The van der Waals surface area contributed by atoms with Crippen LogP contribution in [0.15, 0.2) is 0 Å². The number of nitrogens with zero attached hydrogens (tertiary/aromatic N) is 1. The molecule has 0 radical (unpaired) electrons. The lowest BCUT2D eigenvalue weighted by Gasteiger charge is -2.21. The van der Waals surface area contributed by atoms with Gasteiger partial charge in [0.1, 0.15) is 6.04 Å². The number of carboxylic acid groups (broad SMARTS) is 1. The number of rotatable bonds is 6. The van der Waals surface area contributed by atoms with Gasteiger partial charge in [0.2, 0.25) is 5.91 Å². The van der Waals surface area contributed by atoms with Crippen LogP contribution in [0.2, 0.25) is 0 Å². The summed E-state index contributed by atoms with van der Waals surface area (Å²) in [4.78, 5) is 35.4. The molecule has 1 aliphatic heterocycles. The highest BCUT2D eigenvalue weighted by Crippen LogP contribution is 2.19. The van der Waals surface area contributed by atoms with E-state index in [0.717, 1.165) is 17.7 Å². The number of hydrogen-bond acceptors (Lipinski definition) is 4. The van der Waals surface area contributed by atoms with E-state index in [9.17, 15) is 19.5 Å². The maximum atomic E-state index is 11.9. The van der Waals surface area contributed by atoms with Gasteiger partial charge in [0.15, 0.2) is 0 Å². The Balaban J connectivity index is 1.66. The Morgan fingerprint density at radius 2 is 1.95 bits per heavy atom. The van der Waals surface area contributed by atoms with Crippen LogP contribution in [0.1, 0.15) is 32.1 Å². The molecule has 2 atom stereocenters. The van der Waals surface area contributed by atoms with Crippen LogP contribution in [0.4, 0.5) is 4.79 Å². The summed E-state index contributed by atoms with van der Waals surface area (Å²) in [7, 11) is 0. The zero-order chi connectivity index (χ0) is 15.4. The number of carbonyl (C=O) groups excluding carboxylic acids is 2. The zero-order valence-corrected chi connectivity index (χ0v) is 11.7. The van der Waals surface area contributed by atoms with Crippen molar-refractivity contribution in [3.05, 3.63) is 0 Å². The van der Waals surface area contributed by atoms with Crippen molar-refractivity contribution in [2.45, 2.75) is 50.3 Å². The number of hydrogen-bond donors (Lipinski definition) is 4. The lowest BCUT2D eigenvalue weighted by molar-refractivity contribution is -0.141. The first-order chi connectivity index (χ1) is 9.97. The summed E-state index contributed by atoms with van der Waals surface area (Å²) in [5, 5.41) is 23.9. The fraction of sp³-hybridized carbons (Fsp3) is 0.769. The minimum Gasteiger partial charge on any atom is -0.480 e. The second-order valence-electron chi connectivity index (χ2n) is 5.57. The molecule has 118 valence electrons. The van der Waals surface area contributed by atoms with Crippen molar-refractivity contribution in [2.24, 2.45) is 0 Å². The quantitative estimate of drug-likeness (QED) is 0.482. The number of aliphatic hydroxyl groups excluding tert-OH is 1. The van der Waals surface area contributed by atoms with Gasteiger partial charge in [-0.1, -0.05) is 0 Å². The predicted octanol–water partition coefficient (Wildman–Crippen LogP) is -0.725. The Morgan fingerprint density at radius 3 is 2.57 bits per heavy atom. The third-order valence-electron chi connectivity index (χ3n) is 3.62. The normalized spacial score (nSPS) is 24.7. The van der Waals surface area contributed by atoms with Gasteiger partial charge >= 0.3 is 12.0 Å². The van der Waals surface area contributed by atoms with Crippen molar-refractivity contribution in [3.8, 4) is 0 Å². The Morgan fingerprint density at radius 1 is 1.24 bits per heavy atom. The number of nitrogens with one attached hydrogen (secondary N) is 2. The minimum absolute atomic E-state index is 0.0188. The van der Waals surface area contributed by atoms with Crippen LogP contribution in [0, 0.1) is 0 Å². The van der Waals surface area contributed by atoms with Crippen LogP contribution in [0.3, 0.4) is 0 Å². The number of urea groups is 1. The Kier molecular flexibility index (Phi) is 5.00. The second-order valence-corrected chi connectivity index (χ2v) is 5.57. The van der Waals surface area contributed by atoms with Crippen molar-refractivity contribution in [2.75, 3.05) is 13.1 Å². The van der Waals surface area contributed by atoms with Gasteiger partial charge in [-0.05, 0) is 19.3 Å². The molecule has 8 nitrogen and oxygen atoms in total. The molecule has 0 aromatic heterocycles. The molecule has 0 bridgehead atoms. The lowest BCUT2D eigenvalue weighted by atomic mass is 10.2. The molecule has 1 saturated heterocycles. The smallest absolute Gasteiger partial charge is 0.326 e. The predicted molar refractivity (Wildman–Crippen MR) is 72.6 cm³/mol. The van der Waals surface area contributed by atoms with Crippen LogP contribution in [0.25, 0.3) is 0 Å². The van der Waals surface area contributed by atoms with Crippen molar-refractivity contribution < 1.29 is 24.6 Å². The fourth-order valence-corrected chi connectivity index (χ4v) is 2.35. The molecular weight excluding hydrogens is 278 g/mol. The number of likely N-dealkylation sites (tertiary alicyclic amines) is 1. The third kappa shape index (κ3) is 4.59. The molecule has 0 aromatic carbocycles. The van der Waals surface area contributed by atoms with Crippen molar-refractivity contribution in [3.63, 3.8) is 0 Å². The van der Waals surface area contributed by atoms with Crippen molar-refractivity contribution in [1.29, 1.82) is 0 Å². The maximum Gasteiger partial charge on any atom is 0.326 e. The molecule has 2 rings (SSSR count). The third-order valence-corrected chi connectivity index (χ3v) is 3.62. The van der Waals surface area contributed by atoms with Crippen LogP contribution in [-0.4, -0.2) is 64.3 Å². The van der Waals surface area contributed by atoms with E-state index in [2.05, 4.69) is 10.6 Å². The first-order valence-electron chi connectivity index (χ1n) is 7.22. The maximum absolute atomic E-state index is 11.9. The Hall–Kier alpha value is -1.83. The molecule has 0 spiro atoms. The molecular formula is C13H21N3O5. The highest BCUT2D eigenvalue weighted by molar-refractivity contribution is 5.83. The van der Waals surface area contributed by atoms with E-state index in [0.29, 0.717) is 25.4 Å². The summed E-state index contributed by atoms with van der Waals surface area (Å²) in [6.45, 7) is 0.320. The molecule has 2 fully saturated rings. The lowest BCUT2D eigenvalue weighted by Crippen LogP contribution is -2.46. The highest BCUT2D eigenvalue weighted by Gasteiger charge is 2.38. The zero-order valence-electron chi connectivity index (χ0n) is 11.7. The molecule has 1 heterocycles. The van der Waals surface area contributed by atoms with Crippen molar-refractivity contribution in [1.82, 2.24) is 15.5 Å². The topological polar surface area (TPSA) is 119 Å². The van der Waals surface area contributed by atoms with Gasteiger partial charge in [-0.25, -0.2) is 9.59 Å². The van der Waals surface area contributed by atoms with Gasteiger partial charge in [-0.3, -0.25) is 4.79 Å². The molecule has 1 aliphatic carbocycles. The average molecular weight is 299 g/mol. The standard InChI is InChI=1S/C13H21N3O5/c17-9-6-10(12(19)20)16(7-9)13(21)14-5-1-2-11(18)15-8-3-4-8/h8-10,17H,1-7H2,(H,14,21)(H,15,18)(H,19,20)/t9?,10-/m0/s1. The van der Waals surface area contributed by atoms with Gasteiger partial charge in [-0.2, -0.15) is 0 Å². The van der Waals surface area contributed by atoms with E-state index >= 15 is 0 Å². The number of aliphatic hydroxyl groups is 1. The average Bonchev–Trinajstić information content (AvgIpc) is 3.13.